The molecule has 0 unspecified atom stereocenters. The Bertz CT molecular complexity index is 2070. The van der Waals surface area contributed by atoms with Crippen LogP contribution in [0.15, 0.2) is 42.5 Å². The first-order chi connectivity index (χ1) is 23.7. The number of alkyl halides is 2. The number of hydrogen-bond acceptors (Lipinski definition) is 9. The van der Waals surface area contributed by atoms with Gasteiger partial charge in [-0.25, -0.2) is 18.4 Å². The Kier molecular flexibility index (Phi) is 9.83. The van der Waals surface area contributed by atoms with Crippen LogP contribution in [0.4, 0.5) is 14.6 Å². The SMILES string of the molecule is COc1cc(C(=O)N[C@H]2CNC[C@@H]2NC(=O)/C=C/CN(C)C)cc2nc(-c3cc4ccc(N(C(F)F)S(C)(=O)=O)nc4n3CC3CC3)n(C)c12. The predicted molar refractivity (Wildman–Crippen MR) is 186 cm³/mol. The zero-order chi connectivity index (χ0) is 35.9. The number of ether oxygens (including phenoxy) is 1. The van der Waals surface area contributed by atoms with Crippen molar-refractivity contribution in [1.82, 2.24) is 40.0 Å². The lowest BCUT2D eigenvalue weighted by Crippen LogP contribution is -2.50. The summed E-state index contributed by atoms with van der Waals surface area (Å²) in [5.41, 5.74) is 2.46. The van der Waals surface area contributed by atoms with Gasteiger partial charge in [0.05, 0.1) is 36.7 Å². The van der Waals surface area contributed by atoms with Crippen LogP contribution in [0, 0.1) is 5.92 Å². The van der Waals surface area contributed by atoms with E-state index in [4.69, 9.17) is 9.72 Å². The molecule has 2 aliphatic rings. The second kappa shape index (κ2) is 14.0. The van der Waals surface area contributed by atoms with Crippen LogP contribution >= 0.6 is 0 Å². The molecule has 3 aromatic heterocycles. The van der Waals surface area contributed by atoms with Crippen molar-refractivity contribution in [2.75, 3.05) is 51.4 Å². The number of benzene rings is 1. The van der Waals surface area contributed by atoms with E-state index >= 15 is 0 Å². The van der Waals surface area contributed by atoms with E-state index in [1.807, 2.05) is 41.2 Å². The van der Waals surface area contributed by atoms with Crippen LogP contribution in [0.1, 0.15) is 23.2 Å². The van der Waals surface area contributed by atoms with Gasteiger partial charge in [-0.05, 0) is 63.2 Å². The summed E-state index contributed by atoms with van der Waals surface area (Å²) in [5, 5.41) is 9.84. The quantitative estimate of drug-likeness (QED) is 0.140. The van der Waals surface area contributed by atoms with E-state index in [9.17, 15) is 26.8 Å². The highest BCUT2D eigenvalue weighted by atomic mass is 32.2. The average Bonchev–Trinajstić information content (AvgIpc) is 3.52. The van der Waals surface area contributed by atoms with Gasteiger partial charge in [0.1, 0.15) is 22.7 Å². The number of likely N-dealkylation sites (N-methyl/N-ethyl adjacent to an activating group) is 1. The molecule has 1 aromatic carbocycles. The second-order valence-electron chi connectivity index (χ2n) is 13.1. The van der Waals surface area contributed by atoms with Gasteiger partial charge in [-0.2, -0.15) is 13.1 Å². The third-order valence-corrected chi connectivity index (χ3v) is 9.93. The van der Waals surface area contributed by atoms with Crippen molar-refractivity contribution in [3.63, 3.8) is 0 Å². The molecule has 6 rings (SSSR count). The second-order valence-corrected chi connectivity index (χ2v) is 14.9. The minimum absolute atomic E-state index is 0.00830. The van der Waals surface area contributed by atoms with Crippen molar-refractivity contribution < 1.29 is 31.5 Å². The van der Waals surface area contributed by atoms with Crippen molar-refractivity contribution in [1.29, 1.82) is 0 Å². The summed E-state index contributed by atoms with van der Waals surface area (Å²) in [4.78, 5) is 37.3. The number of nitrogens with zero attached hydrogens (tertiary/aromatic N) is 6. The minimum Gasteiger partial charge on any atom is -0.494 e. The first-order valence-electron chi connectivity index (χ1n) is 16.2. The number of methoxy groups -OCH3 is 1. The van der Waals surface area contributed by atoms with Gasteiger partial charge in [0.25, 0.3) is 5.91 Å². The van der Waals surface area contributed by atoms with E-state index in [2.05, 4.69) is 20.9 Å². The van der Waals surface area contributed by atoms with E-state index in [0.29, 0.717) is 83.3 Å². The molecule has 2 fully saturated rings. The Hall–Kier alpha value is -4.61. The number of amides is 2. The molecular formula is C33H41F2N9O5S. The molecule has 2 atom stereocenters. The van der Waals surface area contributed by atoms with Gasteiger partial charge in [0.2, 0.25) is 15.9 Å². The zero-order valence-corrected chi connectivity index (χ0v) is 29.3. The molecule has 0 spiro atoms. The van der Waals surface area contributed by atoms with Gasteiger partial charge >= 0.3 is 6.55 Å². The Morgan fingerprint density at radius 2 is 1.84 bits per heavy atom. The number of rotatable bonds is 13. The molecule has 0 radical (unpaired) electrons. The van der Waals surface area contributed by atoms with E-state index < -0.39 is 16.6 Å². The van der Waals surface area contributed by atoms with Crippen molar-refractivity contribution in [2.24, 2.45) is 13.0 Å². The number of carbonyl (C=O) groups excluding carboxylic acids is 2. The molecule has 3 N–H and O–H groups in total. The number of sulfonamides is 1. The van der Waals surface area contributed by atoms with Gasteiger partial charge in [-0.1, -0.05) is 6.08 Å². The zero-order valence-electron chi connectivity index (χ0n) is 28.5. The fourth-order valence-electron chi connectivity index (χ4n) is 6.24. The van der Waals surface area contributed by atoms with Crippen LogP contribution in [0.25, 0.3) is 33.6 Å². The number of aromatic nitrogens is 4. The molecule has 50 heavy (non-hydrogen) atoms. The molecule has 1 aliphatic heterocycles. The van der Waals surface area contributed by atoms with Crippen LogP contribution in [0.2, 0.25) is 0 Å². The third kappa shape index (κ3) is 7.29. The van der Waals surface area contributed by atoms with E-state index in [-0.39, 0.29) is 34.0 Å². The van der Waals surface area contributed by atoms with Crippen molar-refractivity contribution in [3.8, 4) is 17.3 Å². The van der Waals surface area contributed by atoms with Crippen molar-refractivity contribution in [3.05, 3.63) is 48.0 Å². The van der Waals surface area contributed by atoms with Gasteiger partial charge in [-0.15, -0.1) is 0 Å². The van der Waals surface area contributed by atoms with Gasteiger partial charge in [0.15, 0.2) is 5.82 Å². The smallest absolute Gasteiger partial charge is 0.329 e. The maximum Gasteiger partial charge on any atom is 0.329 e. The first-order valence-corrected chi connectivity index (χ1v) is 18.1. The molecular weight excluding hydrogens is 672 g/mol. The highest BCUT2D eigenvalue weighted by Crippen LogP contribution is 2.38. The predicted octanol–water partition coefficient (Wildman–Crippen LogP) is 2.30. The van der Waals surface area contributed by atoms with Crippen LogP contribution in [0.5, 0.6) is 5.75 Å². The number of pyridine rings is 1. The number of imidazole rings is 1. The highest BCUT2D eigenvalue weighted by molar-refractivity contribution is 7.92. The number of carbonyl (C=O) groups is 2. The summed E-state index contributed by atoms with van der Waals surface area (Å²) in [6.45, 7) is -1.16. The molecule has 4 aromatic rings. The largest absolute Gasteiger partial charge is 0.494 e. The van der Waals surface area contributed by atoms with Crippen LogP contribution < -0.4 is 25.0 Å². The molecule has 1 saturated carbocycles. The fraction of sp³-hybridized carbons (Fsp3) is 0.455. The fourth-order valence-corrected chi connectivity index (χ4v) is 6.98. The summed E-state index contributed by atoms with van der Waals surface area (Å²) in [7, 11) is 2.84. The number of aryl methyl sites for hydroxylation is 1. The summed E-state index contributed by atoms with van der Waals surface area (Å²) in [5.74, 6) is 0.316. The molecule has 17 heteroatoms. The number of anilines is 1. The summed E-state index contributed by atoms with van der Waals surface area (Å²) >= 11 is 0. The number of fused-ring (bicyclic) bond motifs is 2. The number of nitrogens with one attached hydrogen (secondary N) is 3. The summed E-state index contributed by atoms with van der Waals surface area (Å²) in [6, 6.07) is 7.34. The number of hydrogen-bond donors (Lipinski definition) is 3. The number of halogens is 2. The Labute approximate surface area is 288 Å². The van der Waals surface area contributed by atoms with E-state index in [1.165, 1.54) is 19.3 Å². The normalized spacial score (nSPS) is 18.2. The van der Waals surface area contributed by atoms with E-state index in [1.54, 1.807) is 24.3 Å². The Morgan fingerprint density at radius 3 is 2.48 bits per heavy atom. The average molecular weight is 714 g/mol. The molecule has 4 heterocycles. The Balaban J connectivity index is 1.33. The van der Waals surface area contributed by atoms with Gasteiger partial charge < -0.3 is 34.7 Å². The highest BCUT2D eigenvalue weighted by Gasteiger charge is 2.32. The molecule has 1 saturated heterocycles. The van der Waals surface area contributed by atoms with Crippen LogP contribution in [0.3, 0.4) is 0 Å². The molecule has 268 valence electrons. The first kappa shape index (κ1) is 35.2. The van der Waals surface area contributed by atoms with Crippen molar-refractivity contribution in [2.45, 2.75) is 38.0 Å². The molecule has 0 bridgehead atoms. The Morgan fingerprint density at radius 1 is 1.12 bits per heavy atom. The molecule has 14 nitrogen and oxygen atoms in total. The lowest BCUT2D eigenvalue weighted by molar-refractivity contribution is -0.117. The summed E-state index contributed by atoms with van der Waals surface area (Å²) < 4.78 is 61.7. The topological polar surface area (TPSA) is 156 Å². The van der Waals surface area contributed by atoms with Crippen LogP contribution in [-0.2, 0) is 28.4 Å². The monoisotopic (exact) mass is 713 g/mol. The maximum atomic E-state index is 13.9. The minimum atomic E-state index is -4.30. The lowest BCUT2D eigenvalue weighted by Gasteiger charge is -2.21. The van der Waals surface area contributed by atoms with E-state index in [0.717, 1.165) is 12.8 Å². The lowest BCUT2D eigenvalue weighted by atomic mass is 10.1. The third-order valence-electron chi connectivity index (χ3n) is 8.87. The standard InChI is InChI=1S/C33H41F2N9O5S/c1-41(2)12-6-7-28(45)37-23-16-36-17-24(23)39-32(46)21-13-22-29(26(15-21)49-4)42(3)31(38-22)25-14-20-10-11-27(44(33(34)35)50(5,47)48)40-30(20)43(25)18-19-8-9-19/h6-7,10-11,13-15,19,23-24,33,36H,8-9,12,16-18H2,1-5H3,(H,37,45)(H,39,46)/b7-6+/t23-,24-/m0/s1. The van der Waals surface area contributed by atoms with Gasteiger partial charge in [-0.3, -0.25) is 9.59 Å². The maximum absolute atomic E-state index is 13.9. The molecule has 1 aliphatic carbocycles. The van der Waals surface area contributed by atoms with Gasteiger partial charge in [0, 0.05) is 50.3 Å². The van der Waals surface area contributed by atoms with Crippen molar-refractivity contribution >= 4 is 49.7 Å². The van der Waals surface area contributed by atoms with Crippen LogP contribution in [-0.4, -0.2) is 110 Å². The summed E-state index contributed by atoms with van der Waals surface area (Å²) in [6.07, 6.45) is 5.96. The molecule has 2 amide bonds.